The highest BCUT2D eigenvalue weighted by atomic mass is 16.3. The first-order valence-electron chi connectivity index (χ1n) is 6.18. The molecule has 4 heteroatoms. The van der Waals surface area contributed by atoms with Gasteiger partial charge in [0.25, 0.3) is 5.91 Å². The third-order valence-electron chi connectivity index (χ3n) is 2.86. The van der Waals surface area contributed by atoms with E-state index < -0.39 is 5.91 Å². The van der Waals surface area contributed by atoms with Gasteiger partial charge in [-0.3, -0.25) is 4.79 Å². The average molecular weight is 266 g/mol. The van der Waals surface area contributed by atoms with Gasteiger partial charge in [0, 0.05) is 0 Å². The molecular weight excluding hydrogens is 252 g/mol. The molecule has 0 atom stereocenters. The van der Waals surface area contributed by atoms with Crippen LogP contribution in [-0.4, -0.2) is 5.91 Å². The van der Waals surface area contributed by atoms with Crippen molar-refractivity contribution in [2.75, 3.05) is 0 Å². The van der Waals surface area contributed by atoms with Crippen molar-refractivity contribution < 1.29 is 9.21 Å². The van der Waals surface area contributed by atoms with E-state index in [1.54, 1.807) is 18.2 Å². The van der Waals surface area contributed by atoms with Crippen molar-refractivity contribution in [1.29, 1.82) is 5.26 Å². The maximum absolute atomic E-state index is 11.9. The summed E-state index contributed by atoms with van der Waals surface area (Å²) >= 11 is 0. The van der Waals surface area contributed by atoms with Crippen molar-refractivity contribution in [3.63, 3.8) is 0 Å². The van der Waals surface area contributed by atoms with E-state index in [9.17, 15) is 4.79 Å². The molecule has 0 spiro atoms. The van der Waals surface area contributed by atoms with Gasteiger partial charge in [0.2, 0.25) is 0 Å². The van der Waals surface area contributed by atoms with Crippen LogP contribution in [-0.2, 0) is 11.3 Å². The normalized spacial score (nSPS) is 10.9. The summed E-state index contributed by atoms with van der Waals surface area (Å²) in [5.74, 6) is 0.235. The van der Waals surface area contributed by atoms with Crippen LogP contribution in [0.15, 0.2) is 52.7 Å². The highest BCUT2D eigenvalue weighted by molar-refractivity contribution is 6.01. The first-order valence-corrected chi connectivity index (χ1v) is 6.18. The number of hydrogen-bond donors (Lipinski definition) is 1. The molecule has 0 bridgehead atoms. The lowest BCUT2D eigenvalue weighted by atomic mass is 10.1. The van der Waals surface area contributed by atoms with Crippen LogP contribution >= 0.6 is 0 Å². The highest BCUT2D eigenvalue weighted by Crippen LogP contribution is 2.12. The molecule has 4 nitrogen and oxygen atoms in total. The first kappa shape index (κ1) is 13.6. The van der Waals surface area contributed by atoms with Crippen LogP contribution in [0.2, 0.25) is 0 Å². The predicted molar refractivity (Wildman–Crippen MR) is 75.3 cm³/mol. The van der Waals surface area contributed by atoms with Gasteiger partial charge < -0.3 is 9.73 Å². The Morgan fingerprint density at radius 2 is 2.15 bits per heavy atom. The number of benzene rings is 1. The van der Waals surface area contributed by atoms with E-state index in [2.05, 4.69) is 5.32 Å². The summed E-state index contributed by atoms with van der Waals surface area (Å²) in [6.45, 7) is 2.19. The van der Waals surface area contributed by atoms with E-state index in [0.29, 0.717) is 5.76 Å². The van der Waals surface area contributed by atoms with Crippen LogP contribution in [0.3, 0.4) is 0 Å². The lowest BCUT2D eigenvalue weighted by molar-refractivity contribution is -0.117. The van der Waals surface area contributed by atoms with Crippen LogP contribution in [0.1, 0.15) is 16.9 Å². The minimum absolute atomic E-state index is 0.0749. The fraction of sp³-hybridized carbons (Fsp3) is 0.125. The van der Waals surface area contributed by atoms with Crippen molar-refractivity contribution in [2.24, 2.45) is 0 Å². The summed E-state index contributed by atoms with van der Waals surface area (Å²) < 4.78 is 5.12. The molecule has 2 rings (SSSR count). The van der Waals surface area contributed by atoms with E-state index in [4.69, 9.17) is 9.68 Å². The number of rotatable bonds is 4. The van der Waals surface area contributed by atoms with Gasteiger partial charge in [-0.05, 0) is 36.3 Å². The number of furan rings is 1. The summed E-state index contributed by atoms with van der Waals surface area (Å²) in [4.78, 5) is 11.9. The Hall–Kier alpha value is -2.80. The molecule has 1 heterocycles. The standard InChI is InChI=1S/C16H14N2O2/c1-12-5-2-3-6-13(12)9-14(10-17)16(19)18-11-15-7-4-8-20-15/h2-9H,11H2,1H3,(H,18,19)/b14-9+. The second kappa shape index (κ2) is 6.39. The smallest absolute Gasteiger partial charge is 0.262 e. The summed E-state index contributed by atoms with van der Waals surface area (Å²) in [5, 5.41) is 11.8. The molecule has 2 aromatic rings. The van der Waals surface area contributed by atoms with Crippen molar-refractivity contribution in [1.82, 2.24) is 5.32 Å². The number of aryl methyl sites for hydroxylation is 1. The van der Waals surface area contributed by atoms with Crippen molar-refractivity contribution in [2.45, 2.75) is 13.5 Å². The van der Waals surface area contributed by atoms with Crippen LogP contribution in [0, 0.1) is 18.3 Å². The maximum Gasteiger partial charge on any atom is 0.262 e. The number of nitriles is 1. The average Bonchev–Trinajstić information content (AvgIpc) is 2.97. The molecule has 1 amide bonds. The van der Waals surface area contributed by atoms with E-state index in [1.807, 2.05) is 37.3 Å². The first-order chi connectivity index (χ1) is 9.70. The Morgan fingerprint density at radius 1 is 1.35 bits per heavy atom. The van der Waals surface area contributed by atoms with Crippen molar-refractivity contribution in [3.8, 4) is 6.07 Å². The van der Waals surface area contributed by atoms with Crippen molar-refractivity contribution in [3.05, 3.63) is 65.1 Å². The van der Waals surface area contributed by atoms with Gasteiger partial charge >= 0.3 is 0 Å². The minimum Gasteiger partial charge on any atom is -0.467 e. The van der Waals surface area contributed by atoms with Gasteiger partial charge in [0.05, 0.1) is 12.8 Å². The van der Waals surface area contributed by atoms with Crippen LogP contribution in [0.4, 0.5) is 0 Å². The molecular formula is C16H14N2O2. The van der Waals surface area contributed by atoms with Crippen LogP contribution < -0.4 is 5.32 Å². The number of nitrogens with one attached hydrogen (secondary N) is 1. The van der Waals surface area contributed by atoms with Gasteiger partial charge in [-0.25, -0.2) is 0 Å². The quantitative estimate of drug-likeness (QED) is 0.683. The Labute approximate surface area is 117 Å². The number of hydrogen-bond acceptors (Lipinski definition) is 3. The number of carbonyl (C=O) groups excluding carboxylic acids is 1. The second-order valence-corrected chi connectivity index (χ2v) is 4.29. The van der Waals surface area contributed by atoms with Gasteiger partial charge in [-0.2, -0.15) is 5.26 Å². The molecule has 0 unspecified atom stereocenters. The number of carbonyl (C=O) groups is 1. The molecule has 0 saturated heterocycles. The largest absolute Gasteiger partial charge is 0.467 e. The van der Waals surface area contributed by atoms with Gasteiger partial charge in [0.15, 0.2) is 0 Å². The van der Waals surface area contributed by atoms with Crippen molar-refractivity contribution >= 4 is 12.0 Å². The minimum atomic E-state index is -0.410. The van der Waals surface area contributed by atoms with Crippen LogP contribution in [0.25, 0.3) is 6.08 Å². The van der Waals surface area contributed by atoms with E-state index in [-0.39, 0.29) is 12.1 Å². The molecule has 0 radical (unpaired) electrons. The Bertz CT molecular complexity index is 664. The SMILES string of the molecule is Cc1ccccc1/C=C(\C#N)C(=O)NCc1ccco1. The molecule has 0 fully saturated rings. The maximum atomic E-state index is 11.9. The fourth-order valence-electron chi connectivity index (χ4n) is 1.73. The monoisotopic (exact) mass is 266 g/mol. The van der Waals surface area contributed by atoms with Crippen LogP contribution in [0.5, 0.6) is 0 Å². The Balaban J connectivity index is 2.10. The topological polar surface area (TPSA) is 66.0 Å². The molecule has 0 aliphatic heterocycles. The summed E-state index contributed by atoms with van der Waals surface area (Å²) in [6.07, 6.45) is 3.13. The Morgan fingerprint density at radius 3 is 2.80 bits per heavy atom. The van der Waals surface area contributed by atoms with Gasteiger partial charge in [-0.15, -0.1) is 0 Å². The molecule has 0 saturated carbocycles. The second-order valence-electron chi connectivity index (χ2n) is 4.29. The van der Waals surface area contributed by atoms with E-state index in [0.717, 1.165) is 11.1 Å². The highest BCUT2D eigenvalue weighted by Gasteiger charge is 2.09. The van der Waals surface area contributed by atoms with Gasteiger partial charge in [-0.1, -0.05) is 24.3 Å². The molecule has 20 heavy (non-hydrogen) atoms. The third kappa shape index (κ3) is 3.36. The lowest BCUT2D eigenvalue weighted by Crippen LogP contribution is -2.23. The Kier molecular flexibility index (Phi) is 4.35. The number of nitrogens with zero attached hydrogens (tertiary/aromatic N) is 1. The van der Waals surface area contributed by atoms with E-state index >= 15 is 0 Å². The fourth-order valence-corrected chi connectivity index (χ4v) is 1.73. The molecule has 100 valence electrons. The molecule has 1 aromatic carbocycles. The zero-order valence-corrected chi connectivity index (χ0v) is 11.1. The van der Waals surface area contributed by atoms with E-state index in [1.165, 1.54) is 6.26 Å². The molecule has 0 aliphatic rings. The summed E-state index contributed by atoms with van der Waals surface area (Å²) in [6, 6.07) is 13.0. The van der Waals surface area contributed by atoms with Gasteiger partial charge in [0.1, 0.15) is 17.4 Å². The summed E-state index contributed by atoms with van der Waals surface area (Å²) in [5.41, 5.74) is 1.95. The molecule has 1 N–H and O–H groups in total. The lowest BCUT2D eigenvalue weighted by Gasteiger charge is -2.03. The number of amides is 1. The third-order valence-corrected chi connectivity index (χ3v) is 2.86. The zero-order valence-electron chi connectivity index (χ0n) is 11.1. The predicted octanol–water partition coefficient (Wildman–Crippen LogP) is 2.81. The summed E-state index contributed by atoms with van der Waals surface area (Å²) in [7, 11) is 0. The zero-order chi connectivity index (χ0) is 14.4. The molecule has 1 aromatic heterocycles. The molecule has 0 aliphatic carbocycles.